The summed E-state index contributed by atoms with van der Waals surface area (Å²) in [7, 11) is 0. The van der Waals surface area contributed by atoms with Gasteiger partial charge in [0.1, 0.15) is 5.92 Å². The van der Waals surface area contributed by atoms with E-state index in [0.717, 1.165) is 12.8 Å². The zero-order valence-electron chi connectivity index (χ0n) is 14.1. The zero-order chi connectivity index (χ0) is 15.8. The van der Waals surface area contributed by atoms with Crippen LogP contribution in [0.1, 0.15) is 97.3 Å². The van der Waals surface area contributed by atoms with Gasteiger partial charge < -0.3 is 5.11 Å². The molecule has 0 bridgehead atoms. The van der Waals surface area contributed by atoms with Gasteiger partial charge in [0.15, 0.2) is 0 Å². The van der Waals surface area contributed by atoms with Crippen LogP contribution in [0.4, 0.5) is 0 Å². The van der Waals surface area contributed by atoms with Gasteiger partial charge >= 0.3 is 5.97 Å². The van der Waals surface area contributed by atoms with Gasteiger partial charge in [-0.15, -0.1) is 5.92 Å². The van der Waals surface area contributed by atoms with E-state index in [0.29, 0.717) is 6.42 Å². The molecule has 0 aliphatic rings. The standard InChI is InChI=1S/C19H34O2/c1-3-5-6-7-8-9-10-11-12-13-14-15-17-18(16-4-2)19(20)21/h18H,3,5-15,17H2,1-2H3,(H,20,21). The molecule has 122 valence electrons. The molecule has 0 aliphatic carbocycles. The third-order valence-corrected chi connectivity index (χ3v) is 3.96. The van der Waals surface area contributed by atoms with Crippen LogP contribution in [0.5, 0.6) is 0 Å². The first-order valence-electron chi connectivity index (χ1n) is 8.87. The summed E-state index contributed by atoms with van der Waals surface area (Å²) in [5.74, 6) is 4.25. The molecule has 0 radical (unpaired) electrons. The number of rotatable bonds is 14. The van der Waals surface area contributed by atoms with E-state index in [1.807, 2.05) is 0 Å². The van der Waals surface area contributed by atoms with Crippen LogP contribution in [0.2, 0.25) is 0 Å². The topological polar surface area (TPSA) is 37.3 Å². The molecule has 1 N–H and O–H groups in total. The summed E-state index contributed by atoms with van der Waals surface area (Å²) in [4.78, 5) is 10.9. The Bertz CT molecular complexity index is 298. The fraction of sp³-hybridized carbons (Fsp3) is 0.842. The van der Waals surface area contributed by atoms with Crippen molar-refractivity contribution in [1.29, 1.82) is 0 Å². The van der Waals surface area contributed by atoms with Gasteiger partial charge in [0, 0.05) is 0 Å². The molecule has 0 aromatic heterocycles. The molecule has 2 nitrogen and oxygen atoms in total. The van der Waals surface area contributed by atoms with Gasteiger partial charge in [-0.25, -0.2) is 0 Å². The number of hydrogen-bond donors (Lipinski definition) is 1. The van der Waals surface area contributed by atoms with Crippen molar-refractivity contribution in [2.75, 3.05) is 0 Å². The minimum Gasteiger partial charge on any atom is -0.480 e. The van der Waals surface area contributed by atoms with Crippen molar-refractivity contribution in [3.8, 4) is 11.8 Å². The smallest absolute Gasteiger partial charge is 0.318 e. The Kier molecular flexibility index (Phi) is 14.7. The van der Waals surface area contributed by atoms with Crippen LogP contribution in [0.25, 0.3) is 0 Å². The van der Waals surface area contributed by atoms with E-state index in [9.17, 15) is 4.79 Å². The van der Waals surface area contributed by atoms with Gasteiger partial charge in [-0.1, -0.05) is 89.9 Å². The average molecular weight is 294 g/mol. The first kappa shape index (κ1) is 20.0. The monoisotopic (exact) mass is 294 g/mol. The molecule has 0 aromatic carbocycles. The van der Waals surface area contributed by atoms with Gasteiger partial charge in [0.2, 0.25) is 0 Å². The Balaban J connectivity index is 3.28. The fourth-order valence-electron chi connectivity index (χ4n) is 2.62. The molecule has 0 saturated heterocycles. The van der Waals surface area contributed by atoms with E-state index in [4.69, 9.17) is 5.11 Å². The van der Waals surface area contributed by atoms with Gasteiger partial charge in [0.05, 0.1) is 0 Å². The lowest BCUT2D eigenvalue weighted by Crippen LogP contribution is -2.11. The van der Waals surface area contributed by atoms with Crippen LogP contribution in [0, 0.1) is 17.8 Å². The van der Waals surface area contributed by atoms with Crippen molar-refractivity contribution in [1.82, 2.24) is 0 Å². The highest BCUT2D eigenvalue weighted by Crippen LogP contribution is 2.14. The summed E-state index contributed by atoms with van der Waals surface area (Å²) in [6.07, 6.45) is 16.4. The van der Waals surface area contributed by atoms with Crippen LogP contribution in [0.3, 0.4) is 0 Å². The molecular formula is C19H34O2. The molecule has 0 heterocycles. The number of carboxylic acids is 1. The molecule has 0 fully saturated rings. The Hall–Kier alpha value is -0.970. The molecule has 0 spiro atoms. The van der Waals surface area contributed by atoms with Gasteiger partial charge in [-0.3, -0.25) is 4.79 Å². The lowest BCUT2D eigenvalue weighted by Gasteiger charge is -2.05. The molecule has 2 heteroatoms. The van der Waals surface area contributed by atoms with E-state index in [-0.39, 0.29) is 0 Å². The lowest BCUT2D eigenvalue weighted by molar-refractivity contribution is -0.139. The van der Waals surface area contributed by atoms with Crippen molar-refractivity contribution >= 4 is 5.97 Å². The summed E-state index contributed by atoms with van der Waals surface area (Å²) in [6, 6.07) is 0. The second-order valence-electron chi connectivity index (χ2n) is 5.96. The normalized spacial score (nSPS) is 11.7. The Labute approximate surface area is 131 Å². The highest BCUT2D eigenvalue weighted by atomic mass is 16.4. The van der Waals surface area contributed by atoms with E-state index in [1.165, 1.54) is 64.2 Å². The van der Waals surface area contributed by atoms with Gasteiger partial charge in [-0.05, 0) is 13.3 Å². The number of carboxylic acid groups (broad SMARTS) is 1. The second-order valence-corrected chi connectivity index (χ2v) is 5.96. The van der Waals surface area contributed by atoms with Crippen LogP contribution >= 0.6 is 0 Å². The second kappa shape index (κ2) is 15.4. The third-order valence-electron chi connectivity index (χ3n) is 3.96. The average Bonchev–Trinajstić information content (AvgIpc) is 2.47. The van der Waals surface area contributed by atoms with Crippen LogP contribution in [-0.4, -0.2) is 11.1 Å². The number of hydrogen-bond acceptors (Lipinski definition) is 1. The molecule has 1 atom stereocenters. The van der Waals surface area contributed by atoms with Gasteiger partial charge in [-0.2, -0.15) is 0 Å². The van der Waals surface area contributed by atoms with Crippen molar-refractivity contribution in [3.05, 3.63) is 0 Å². The summed E-state index contributed by atoms with van der Waals surface area (Å²) in [5, 5.41) is 8.98. The summed E-state index contributed by atoms with van der Waals surface area (Å²) in [5.41, 5.74) is 0. The predicted octanol–water partition coefficient (Wildman–Crippen LogP) is 5.80. The Morgan fingerprint density at radius 1 is 0.857 bits per heavy atom. The summed E-state index contributed by atoms with van der Waals surface area (Å²) < 4.78 is 0. The SMILES string of the molecule is CC#CC(CCCCCCCCCCCCCC)C(=O)O. The van der Waals surface area contributed by atoms with E-state index < -0.39 is 11.9 Å². The van der Waals surface area contributed by atoms with E-state index in [1.54, 1.807) is 6.92 Å². The molecule has 1 unspecified atom stereocenters. The summed E-state index contributed by atoms with van der Waals surface area (Å²) >= 11 is 0. The third kappa shape index (κ3) is 13.8. The maximum absolute atomic E-state index is 10.9. The quantitative estimate of drug-likeness (QED) is 0.324. The van der Waals surface area contributed by atoms with Gasteiger partial charge in [0.25, 0.3) is 0 Å². The lowest BCUT2D eigenvalue weighted by atomic mass is 10.00. The fourth-order valence-corrected chi connectivity index (χ4v) is 2.62. The minimum atomic E-state index is -0.771. The van der Waals surface area contributed by atoms with E-state index in [2.05, 4.69) is 18.8 Å². The number of unbranched alkanes of at least 4 members (excludes halogenated alkanes) is 11. The Morgan fingerprint density at radius 2 is 1.29 bits per heavy atom. The molecule has 0 amide bonds. The first-order chi connectivity index (χ1) is 10.2. The van der Waals surface area contributed by atoms with E-state index >= 15 is 0 Å². The van der Waals surface area contributed by atoms with Crippen molar-refractivity contribution in [3.63, 3.8) is 0 Å². The van der Waals surface area contributed by atoms with Crippen molar-refractivity contribution in [2.45, 2.75) is 97.3 Å². The highest BCUT2D eigenvalue weighted by molar-refractivity contribution is 5.73. The maximum atomic E-state index is 10.9. The Morgan fingerprint density at radius 3 is 1.67 bits per heavy atom. The van der Waals surface area contributed by atoms with Crippen molar-refractivity contribution in [2.24, 2.45) is 5.92 Å². The summed E-state index contributed by atoms with van der Waals surface area (Å²) in [6.45, 7) is 3.96. The maximum Gasteiger partial charge on any atom is 0.318 e. The van der Waals surface area contributed by atoms with Crippen LogP contribution in [0.15, 0.2) is 0 Å². The largest absolute Gasteiger partial charge is 0.480 e. The predicted molar refractivity (Wildman–Crippen MR) is 90.3 cm³/mol. The zero-order valence-corrected chi connectivity index (χ0v) is 14.1. The number of aliphatic carboxylic acids is 1. The highest BCUT2D eigenvalue weighted by Gasteiger charge is 2.12. The minimum absolute atomic E-state index is 0.460. The first-order valence-corrected chi connectivity index (χ1v) is 8.87. The molecule has 0 aliphatic heterocycles. The van der Waals surface area contributed by atoms with Crippen LogP contribution in [-0.2, 0) is 4.79 Å². The van der Waals surface area contributed by atoms with Crippen molar-refractivity contribution < 1.29 is 9.90 Å². The molecular weight excluding hydrogens is 260 g/mol. The molecule has 0 rings (SSSR count). The number of carbonyl (C=O) groups is 1. The molecule has 0 saturated carbocycles. The molecule has 21 heavy (non-hydrogen) atoms. The van der Waals surface area contributed by atoms with Crippen LogP contribution < -0.4 is 0 Å². The molecule has 0 aromatic rings.